The Bertz CT molecular complexity index is 1480. The van der Waals surface area contributed by atoms with Crippen molar-refractivity contribution >= 4 is 28.5 Å². The minimum Gasteiger partial charge on any atom is -0.493 e. The highest BCUT2D eigenvalue weighted by Gasteiger charge is 2.35. The highest BCUT2D eigenvalue weighted by Crippen LogP contribution is 2.36. The lowest BCUT2D eigenvalue weighted by Gasteiger charge is -2.33. The van der Waals surface area contributed by atoms with Crippen LogP contribution in [0.4, 0.5) is 10.1 Å². The summed E-state index contributed by atoms with van der Waals surface area (Å²) in [6, 6.07) is 16.9. The van der Waals surface area contributed by atoms with E-state index in [1.807, 2.05) is 24.3 Å². The van der Waals surface area contributed by atoms with Gasteiger partial charge in [0.1, 0.15) is 23.9 Å². The molecule has 10 heteroatoms. The van der Waals surface area contributed by atoms with E-state index in [2.05, 4.69) is 15.6 Å². The first-order valence-electron chi connectivity index (χ1n) is 13.4. The first kappa shape index (κ1) is 27.1. The van der Waals surface area contributed by atoms with Crippen LogP contribution in [0.2, 0.25) is 0 Å². The van der Waals surface area contributed by atoms with E-state index in [9.17, 15) is 14.0 Å². The van der Waals surface area contributed by atoms with Crippen LogP contribution in [-0.4, -0.2) is 47.1 Å². The van der Waals surface area contributed by atoms with Crippen LogP contribution in [-0.2, 0) is 16.1 Å². The maximum absolute atomic E-state index is 14.2. The van der Waals surface area contributed by atoms with Crippen molar-refractivity contribution in [1.82, 2.24) is 20.3 Å². The molecular weight excluding hydrogens is 513 g/mol. The number of benzene rings is 3. The van der Waals surface area contributed by atoms with E-state index in [1.54, 1.807) is 18.2 Å². The zero-order chi connectivity index (χ0) is 28.1. The first-order chi connectivity index (χ1) is 19.5. The second-order valence-electron chi connectivity index (χ2n) is 9.84. The van der Waals surface area contributed by atoms with E-state index in [-0.39, 0.29) is 18.5 Å². The summed E-state index contributed by atoms with van der Waals surface area (Å²) in [7, 11) is 3.03. The van der Waals surface area contributed by atoms with E-state index in [4.69, 9.17) is 9.47 Å². The van der Waals surface area contributed by atoms with Crippen LogP contribution in [0, 0.1) is 5.82 Å². The summed E-state index contributed by atoms with van der Waals surface area (Å²) < 4.78 is 26.4. The van der Waals surface area contributed by atoms with Gasteiger partial charge in [-0.15, -0.1) is 5.10 Å². The van der Waals surface area contributed by atoms with Gasteiger partial charge in [-0.05, 0) is 54.8 Å². The van der Waals surface area contributed by atoms with E-state index in [0.29, 0.717) is 33.8 Å². The molecule has 5 rings (SSSR count). The van der Waals surface area contributed by atoms with Crippen molar-refractivity contribution < 1.29 is 23.5 Å². The average molecular weight is 546 g/mol. The van der Waals surface area contributed by atoms with Crippen LogP contribution in [0.5, 0.6) is 11.5 Å². The molecule has 1 aliphatic carbocycles. The molecule has 0 spiro atoms. The van der Waals surface area contributed by atoms with Crippen molar-refractivity contribution in [1.29, 1.82) is 0 Å². The topological polar surface area (TPSA) is 98.6 Å². The Hall–Kier alpha value is -4.47. The van der Waals surface area contributed by atoms with Crippen LogP contribution < -0.4 is 19.7 Å². The molecule has 0 bridgehead atoms. The molecule has 1 N–H and O–H groups in total. The number of nitrogens with one attached hydrogen (secondary N) is 1. The average Bonchev–Trinajstić information content (AvgIpc) is 3.39. The molecule has 9 nitrogen and oxygen atoms in total. The Morgan fingerprint density at radius 1 is 1.00 bits per heavy atom. The lowest BCUT2D eigenvalue weighted by atomic mass is 9.94. The Kier molecular flexibility index (Phi) is 8.23. The first-order valence-corrected chi connectivity index (χ1v) is 13.4. The SMILES string of the molecule is COc1ccc(N(C(=O)Cn2nnc3ccccc32)C(C(=O)NC2CCCCC2)c2ccc(F)cc2)cc1OC. The predicted molar refractivity (Wildman–Crippen MR) is 149 cm³/mol. The molecule has 1 atom stereocenters. The lowest BCUT2D eigenvalue weighted by molar-refractivity contribution is -0.127. The molecule has 1 heterocycles. The standard InChI is InChI=1S/C30H32FN5O4/c1-39-26-17-16-23(18-27(26)40-2)36(28(37)19-35-25-11-7-6-10-24(25)33-34-35)29(20-12-14-21(31)15-13-20)30(38)32-22-8-4-3-5-9-22/h6-7,10-18,22,29H,3-5,8-9,19H2,1-2H3,(H,32,38). The quantitative estimate of drug-likeness (QED) is 0.324. The van der Waals surface area contributed by atoms with E-state index >= 15 is 0 Å². The Morgan fingerprint density at radius 3 is 2.45 bits per heavy atom. The van der Waals surface area contributed by atoms with Crippen LogP contribution in [0.3, 0.4) is 0 Å². The highest BCUT2D eigenvalue weighted by molar-refractivity contribution is 6.02. The summed E-state index contributed by atoms with van der Waals surface area (Å²) in [6.45, 7) is -0.177. The van der Waals surface area contributed by atoms with Crippen LogP contribution in [0.1, 0.15) is 43.7 Å². The molecule has 1 fully saturated rings. The monoisotopic (exact) mass is 545 g/mol. The lowest BCUT2D eigenvalue weighted by Crippen LogP contribution is -2.48. The van der Waals surface area contributed by atoms with Gasteiger partial charge in [0.15, 0.2) is 11.5 Å². The third-order valence-electron chi connectivity index (χ3n) is 7.26. The number of ether oxygens (including phenoxy) is 2. The molecule has 40 heavy (non-hydrogen) atoms. The van der Waals surface area contributed by atoms with Gasteiger partial charge in [0, 0.05) is 17.8 Å². The normalized spacial score (nSPS) is 14.5. The number of amides is 2. The smallest absolute Gasteiger partial charge is 0.249 e. The number of hydrogen-bond acceptors (Lipinski definition) is 6. The maximum Gasteiger partial charge on any atom is 0.249 e. The van der Waals surface area contributed by atoms with Gasteiger partial charge in [-0.1, -0.05) is 48.7 Å². The van der Waals surface area contributed by atoms with Crippen LogP contribution in [0.25, 0.3) is 11.0 Å². The van der Waals surface area contributed by atoms with E-state index < -0.39 is 17.8 Å². The molecule has 1 saturated carbocycles. The summed E-state index contributed by atoms with van der Waals surface area (Å²) in [4.78, 5) is 29.6. The van der Waals surface area contributed by atoms with E-state index in [1.165, 1.54) is 48.1 Å². The number of methoxy groups -OCH3 is 2. The van der Waals surface area contributed by atoms with Crippen LogP contribution >= 0.6 is 0 Å². The summed E-state index contributed by atoms with van der Waals surface area (Å²) >= 11 is 0. The third-order valence-corrected chi connectivity index (χ3v) is 7.26. The number of halogens is 1. The highest BCUT2D eigenvalue weighted by atomic mass is 19.1. The fourth-order valence-electron chi connectivity index (χ4n) is 5.24. The second-order valence-corrected chi connectivity index (χ2v) is 9.84. The number of carbonyl (C=O) groups excluding carboxylic acids is 2. The molecule has 1 aliphatic rings. The van der Waals surface area contributed by atoms with Gasteiger partial charge in [-0.2, -0.15) is 0 Å². The third kappa shape index (κ3) is 5.75. The molecule has 1 aromatic heterocycles. The molecule has 3 aromatic carbocycles. The minimum absolute atomic E-state index is 0.00538. The van der Waals surface area contributed by atoms with Crippen molar-refractivity contribution in [3.63, 3.8) is 0 Å². The Morgan fingerprint density at radius 2 is 1.73 bits per heavy atom. The maximum atomic E-state index is 14.2. The number of carbonyl (C=O) groups is 2. The molecular formula is C30H32FN5O4. The molecule has 0 radical (unpaired) electrons. The molecule has 208 valence electrons. The predicted octanol–water partition coefficient (Wildman–Crippen LogP) is 4.81. The van der Waals surface area contributed by atoms with Crippen molar-refractivity contribution in [2.45, 2.75) is 50.7 Å². The largest absolute Gasteiger partial charge is 0.493 e. The second kappa shape index (κ2) is 12.1. The van der Waals surface area contributed by atoms with E-state index in [0.717, 1.165) is 32.1 Å². The van der Waals surface area contributed by atoms with Gasteiger partial charge in [0.2, 0.25) is 11.8 Å². The minimum atomic E-state index is -1.08. The van der Waals surface area contributed by atoms with Crippen LogP contribution in [0.15, 0.2) is 66.7 Å². The number of hydrogen-bond donors (Lipinski definition) is 1. The summed E-state index contributed by atoms with van der Waals surface area (Å²) in [6.07, 6.45) is 4.94. The van der Waals surface area contributed by atoms with Crippen molar-refractivity contribution in [2.24, 2.45) is 0 Å². The van der Waals surface area contributed by atoms with Crippen molar-refractivity contribution in [3.05, 3.63) is 78.1 Å². The Balaban J connectivity index is 1.60. The summed E-state index contributed by atoms with van der Waals surface area (Å²) in [5.41, 5.74) is 2.23. The van der Waals surface area contributed by atoms with Gasteiger partial charge in [0.05, 0.1) is 19.7 Å². The number of anilines is 1. The van der Waals surface area contributed by atoms with Gasteiger partial charge < -0.3 is 14.8 Å². The van der Waals surface area contributed by atoms with Gasteiger partial charge in [-0.25, -0.2) is 9.07 Å². The van der Waals surface area contributed by atoms with Gasteiger partial charge >= 0.3 is 0 Å². The molecule has 0 saturated heterocycles. The molecule has 4 aromatic rings. The summed E-state index contributed by atoms with van der Waals surface area (Å²) in [5, 5.41) is 11.5. The zero-order valence-electron chi connectivity index (χ0n) is 22.5. The number of para-hydroxylation sites is 1. The molecule has 1 unspecified atom stereocenters. The van der Waals surface area contributed by atoms with Crippen molar-refractivity contribution in [3.8, 4) is 11.5 Å². The number of aromatic nitrogens is 3. The Labute approximate surface area is 231 Å². The zero-order valence-corrected chi connectivity index (χ0v) is 22.5. The number of rotatable bonds is 9. The van der Waals surface area contributed by atoms with Crippen molar-refractivity contribution in [2.75, 3.05) is 19.1 Å². The fraction of sp³-hybridized carbons (Fsp3) is 0.333. The van der Waals surface area contributed by atoms with Gasteiger partial charge in [0.25, 0.3) is 0 Å². The molecule has 0 aliphatic heterocycles. The summed E-state index contributed by atoms with van der Waals surface area (Å²) in [5.74, 6) is -0.310. The number of nitrogens with zero attached hydrogens (tertiary/aromatic N) is 4. The fourth-order valence-corrected chi connectivity index (χ4v) is 5.24. The van der Waals surface area contributed by atoms with Gasteiger partial charge in [-0.3, -0.25) is 14.5 Å². The number of fused-ring (bicyclic) bond motifs is 1. The molecule has 2 amide bonds.